The smallest absolute Gasteiger partial charge is 0.416 e. The first-order chi connectivity index (χ1) is 16.7. The van der Waals surface area contributed by atoms with Crippen molar-refractivity contribution in [1.82, 2.24) is 14.3 Å². The minimum atomic E-state index is -4.48. The van der Waals surface area contributed by atoms with E-state index >= 15 is 0 Å². The van der Waals surface area contributed by atoms with E-state index in [1.165, 1.54) is 48.2 Å². The van der Waals surface area contributed by atoms with Gasteiger partial charge in [0.2, 0.25) is 5.88 Å². The van der Waals surface area contributed by atoms with E-state index in [0.29, 0.717) is 39.5 Å². The molecule has 3 aromatic heterocycles. The second-order valence-electron chi connectivity index (χ2n) is 7.36. The van der Waals surface area contributed by atoms with Gasteiger partial charge in [0.1, 0.15) is 5.75 Å². The number of alkyl halides is 3. The standard InChI is InChI=1S/C24H16F3N5O2S/c1-14-22(20(35-32-14)11-18-9-15(12-28)7-8-29-18)23(33)31-17-5-6-21(30-13-17)34-19-4-2-3-16(10-19)24(25,26)27/h2-10,13H,11H2,1H3,(H,31,33). The number of amides is 1. The van der Waals surface area contributed by atoms with Crippen LogP contribution in [0.1, 0.15) is 37.7 Å². The number of benzene rings is 1. The van der Waals surface area contributed by atoms with E-state index in [2.05, 4.69) is 25.7 Å². The Balaban J connectivity index is 1.46. The molecule has 0 atom stereocenters. The van der Waals surface area contributed by atoms with Crippen LogP contribution in [0.4, 0.5) is 18.9 Å². The van der Waals surface area contributed by atoms with E-state index in [1.54, 1.807) is 19.1 Å². The molecule has 0 saturated carbocycles. The third-order valence-electron chi connectivity index (χ3n) is 4.83. The zero-order valence-corrected chi connectivity index (χ0v) is 18.9. The van der Waals surface area contributed by atoms with Gasteiger partial charge in [-0.3, -0.25) is 9.78 Å². The number of carbonyl (C=O) groups excluding carboxylic acids is 1. The fourth-order valence-electron chi connectivity index (χ4n) is 3.20. The molecule has 176 valence electrons. The first-order valence-corrected chi connectivity index (χ1v) is 10.9. The number of hydrogen-bond acceptors (Lipinski definition) is 7. The average molecular weight is 495 g/mol. The number of carbonyl (C=O) groups is 1. The Bertz CT molecular complexity index is 1410. The van der Waals surface area contributed by atoms with Crippen molar-refractivity contribution in [3.8, 4) is 17.7 Å². The van der Waals surface area contributed by atoms with Crippen molar-refractivity contribution in [1.29, 1.82) is 5.26 Å². The summed E-state index contributed by atoms with van der Waals surface area (Å²) in [5.41, 5.74) is 1.61. The number of nitrogens with zero attached hydrogens (tertiary/aromatic N) is 4. The molecule has 4 aromatic rings. The first-order valence-electron chi connectivity index (χ1n) is 10.2. The van der Waals surface area contributed by atoms with Gasteiger partial charge in [-0.2, -0.15) is 22.8 Å². The van der Waals surface area contributed by atoms with Gasteiger partial charge < -0.3 is 10.1 Å². The van der Waals surface area contributed by atoms with E-state index in [9.17, 15) is 18.0 Å². The molecule has 0 saturated heterocycles. The Morgan fingerprint density at radius 2 is 2.00 bits per heavy atom. The van der Waals surface area contributed by atoms with Gasteiger partial charge >= 0.3 is 6.18 Å². The molecule has 1 aromatic carbocycles. The molecule has 7 nitrogen and oxygen atoms in total. The maximum absolute atomic E-state index is 13.0. The molecule has 0 unspecified atom stereocenters. The number of aryl methyl sites for hydroxylation is 1. The highest BCUT2D eigenvalue weighted by atomic mass is 32.1. The Morgan fingerprint density at radius 1 is 1.17 bits per heavy atom. The highest BCUT2D eigenvalue weighted by Crippen LogP contribution is 2.32. The number of pyridine rings is 2. The third kappa shape index (κ3) is 5.80. The maximum atomic E-state index is 13.0. The summed E-state index contributed by atoms with van der Waals surface area (Å²) in [4.78, 5) is 22.0. The molecular weight excluding hydrogens is 479 g/mol. The van der Waals surface area contributed by atoms with Crippen LogP contribution < -0.4 is 10.1 Å². The van der Waals surface area contributed by atoms with Gasteiger partial charge in [-0.25, -0.2) is 4.98 Å². The fourth-order valence-corrected chi connectivity index (χ4v) is 4.08. The molecule has 0 aliphatic rings. The summed E-state index contributed by atoms with van der Waals surface area (Å²) >= 11 is 1.18. The van der Waals surface area contributed by atoms with Gasteiger partial charge in [-0.1, -0.05) is 6.07 Å². The molecule has 1 amide bonds. The van der Waals surface area contributed by atoms with Gasteiger partial charge in [-0.15, -0.1) is 0 Å². The monoisotopic (exact) mass is 495 g/mol. The van der Waals surface area contributed by atoms with Gasteiger partial charge in [0.05, 0.1) is 40.3 Å². The number of ether oxygens (including phenoxy) is 1. The van der Waals surface area contributed by atoms with Crippen molar-refractivity contribution >= 4 is 23.1 Å². The lowest BCUT2D eigenvalue weighted by molar-refractivity contribution is -0.137. The second-order valence-corrected chi connectivity index (χ2v) is 8.22. The third-order valence-corrected chi connectivity index (χ3v) is 5.76. The summed E-state index contributed by atoms with van der Waals surface area (Å²) in [6.45, 7) is 1.72. The van der Waals surface area contributed by atoms with Crippen LogP contribution in [0, 0.1) is 18.3 Å². The van der Waals surface area contributed by atoms with E-state index in [0.717, 1.165) is 12.1 Å². The maximum Gasteiger partial charge on any atom is 0.416 e. The van der Waals surface area contributed by atoms with Crippen LogP contribution in [0.15, 0.2) is 60.9 Å². The minimum Gasteiger partial charge on any atom is -0.439 e. The molecule has 0 radical (unpaired) electrons. The summed E-state index contributed by atoms with van der Waals surface area (Å²) in [6, 6.07) is 12.7. The van der Waals surface area contributed by atoms with E-state index < -0.39 is 17.6 Å². The van der Waals surface area contributed by atoms with Crippen LogP contribution in [0.5, 0.6) is 11.6 Å². The second kappa shape index (κ2) is 9.90. The zero-order chi connectivity index (χ0) is 25.0. The molecule has 1 N–H and O–H groups in total. The lowest BCUT2D eigenvalue weighted by Gasteiger charge is -2.10. The molecule has 11 heteroatoms. The number of halogens is 3. The predicted molar refractivity (Wildman–Crippen MR) is 122 cm³/mol. The lowest BCUT2D eigenvalue weighted by atomic mass is 10.1. The molecule has 0 fully saturated rings. The number of nitrogens with one attached hydrogen (secondary N) is 1. The predicted octanol–water partition coefficient (Wildman–Crippen LogP) is 5.77. The van der Waals surface area contributed by atoms with Crippen molar-refractivity contribution in [3.05, 3.63) is 93.9 Å². The van der Waals surface area contributed by atoms with Crippen molar-refractivity contribution in [2.45, 2.75) is 19.5 Å². The molecule has 0 bridgehead atoms. The number of aromatic nitrogens is 3. The van der Waals surface area contributed by atoms with Crippen LogP contribution >= 0.6 is 11.5 Å². The highest BCUT2D eigenvalue weighted by molar-refractivity contribution is 7.06. The van der Waals surface area contributed by atoms with E-state index in [1.807, 2.05) is 0 Å². The molecule has 35 heavy (non-hydrogen) atoms. The number of anilines is 1. The summed E-state index contributed by atoms with van der Waals surface area (Å²) in [7, 11) is 0. The molecule has 3 heterocycles. The van der Waals surface area contributed by atoms with Gasteiger partial charge in [0, 0.05) is 29.3 Å². The van der Waals surface area contributed by atoms with Crippen LogP contribution in [0.3, 0.4) is 0 Å². The molecule has 4 rings (SSSR count). The van der Waals surface area contributed by atoms with Crippen molar-refractivity contribution < 1.29 is 22.7 Å². The summed E-state index contributed by atoms with van der Waals surface area (Å²) in [6.07, 6.45) is -1.27. The molecule has 0 spiro atoms. The fraction of sp³-hybridized carbons (Fsp3) is 0.125. The molecule has 0 aliphatic carbocycles. The van der Waals surface area contributed by atoms with E-state index in [4.69, 9.17) is 10.00 Å². The number of hydrogen-bond donors (Lipinski definition) is 1. The highest BCUT2D eigenvalue weighted by Gasteiger charge is 2.30. The van der Waals surface area contributed by atoms with Crippen LogP contribution in [-0.4, -0.2) is 20.2 Å². The van der Waals surface area contributed by atoms with Crippen molar-refractivity contribution in [3.63, 3.8) is 0 Å². The largest absolute Gasteiger partial charge is 0.439 e. The van der Waals surface area contributed by atoms with Gasteiger partial charge in [0.15, 0.2) is 0 Å². The summed E-state index contributed by atoms with van der Waals surface area (Å²) in [5.74, 6) is -0.335. The topological polar surface area (TPSA) is 101 Å². The normalized spacial score (nSPS) is 11.1. The van der Waals surface area contributed by atoms with Crippen LogP contribution in [0.2, 0.25) is 0 Å². The Morgan fingerprint density at radius 3 is 2.71 bits per heavy atom. The van der Waals surface area contributed by atoms with Crippen LogP contribution in [-0.2, 0) is 12.6 Å². The van der Waals surface area contributed by atoms with Crippen LogP contribution in [0.25, 0.3) is 0 Å². The van der Waals surface area contributed by atoms with E-state index in [-0.39, 0.29) is 11.6 Å². The van der Waals surface area contributed by atoms with Crippen molar-refractivity contribution in [2.75, 3.05) is 5.32 Å². The Hall–Kier alpha value is -4.30. The number of rotatable bonds is 6. The van der Waals surface area contributed by atoms with Gasteiger partial charge in [-0.05, 0) is 54.9 Å². The summed E-state index contributed by atoms with van der Waals surface area (Å²) < 4.78 is 48.3. The first kappa shape index (κ1) is 23.8. The Labute approximate surface area is 202 Å². The Kier molecular flexibility index (Phi) is 6.75. The van der Waals surface area contributed by atoms with Crippen molar-refractivity contribution in [2.24, 2.45) is 0 Å². The average Bonchev–Trinajstić information content (AvgIpc) is 3.20. The summed E-state index contributed by atoms with van der Waals surface area (Å²) in [5, 5.41) is 11.8. The molecule has 0 aliphatic heterocycles. The zero-order valence-electron chi connectivity index (χ0n) is 18.1. The number of nitriles is 1. The lowest BCUT2D eigenvalue weighted by Crippen LogP contribution is -2.14. The quantitative estimate of drug-likeness (QED) is 0.365. The SMILES string of the molecule is Cc1nsc(Cc2cc(C#N)ccn2)c1C(=O)Nc1ccc(Oc2cccc(C(F)(F)F)c2)nc1. The van der Waals surface area contributed by atoms with Gasteiger partial charge in [0.25, 0.3) is 5.91 Å². The minimum absolute atomic E-state index is 0.0113. The molecular formula is C24H16F3N5O2S.